The molecule has 3 rings (SSSR count). The minimum Gasteiger partial charge on any atom is -0.483 e. The van der Waals surface area contributed by atoms with Gasteiger partial charge in [0, 0.05) is 6.54 Å². The van der Waals surface area contributed by atoms with E-state index < -0.39 is 11.9 Å². The summed E-state index contributed by atoms with van der Waals surface area (Å²) in [6, 6.07) is 8.39. The number of carboxylic acids is 2. The molecule has 1 aromatic rings. The number of aliphatic imine (C=N–C) groups is 1. The predicted octanol–water partition coefficient (Wildman–Crippen LogP) is 1.49. The molecule has 2 aliphatic rings. The highest BCUT2D eigenvalue weighted by molar-refractivity contribution is 6.27. The van der Waals surface area contributed by atoms with E-state index in [4.69, 9.17) is 24.5 Å². The molecule has 7 nitrogen and oxygen atoms in total. The Morgan fingerprint density at radius 3 is 2.43 bits per heavy atom. The number of hydrogen-bond acceptors (Lipinski definition) is 5. The fourth-order valence-electron chi connectivity index (χ4n) is 2.25. The van der Waals surface area contributed by atoms with Gasteiger partial charge in [0.1, 0.15) is 11.6 Å². The standard InChI is InChI=1S/C14H18N2O.C2H2O4/c1-10(14-15-8-9-16-14)17-13-5-3-2-4-12(13)11-6-7-11;3-1(4)2(5)6/h2-5,10-11H,6-9H2,1H3,(H,15,16);(H,3,4)(H,5,6)/t10-;/m0./s1. The summed E-state index contributed by atoms with van der Waals surface area (Å²) in [5, 5.41) is 18.0. The lowest BCUT2D eigenvalue weighted by atomic mass is 10.1. The lowest BCUT2D eigenvalue weighted by Crippen LogP contribution is -2.33. The Morgan fingerprint density at radius 1 is 1.26 bits per heavy atom. The van der Waals surface area contributed by atoms with Crippen molar-refractivity contribution in [1.29, 1.82) is 0 Å². The quantitative estimate of drug-likeness (QED) is 0.725. The fourth-order valence-corrected chi connectivity index (χ4v) is 2.25. The highest BCUT2D eigenvalue weighted by atomic mass is 16.5. The van der Waals surface area contributed by atoms with Gasteiger partial charge in [-0.05, 0) is 37.3 Å². The van der Waals surface area contributed by atoms with Gasteiger partial charge in [-0.25, -0.2) is 9.59 Å². The molecule has 0 unspecified atom stereocenters. The number of ether oxygens (including phenoxy) is 1. The van der Waals surface area contributed by atoms with E-state index in [1.807, 2.05) is 6.07 Å². The van der Waals surface area contributed by atoms with E-state index in [-0.39, 0.29) is 6.10 Å². The zero-order valence-corrected chi connectivity index (χ0v) is 12.9. The van der Waals surface area contributed by atoms with Crippen molar-refractivity contribution in [2.45, 2.75) is 31.8 Å². The molecule has 0 aromatic heterocycles. The van der Waals surface area contributed by atoms with Crippen LogP contribution in [0.4, 0.5) is 0 Å². The summed E-state index contributed by atoms with van der Waals surface area (Å²) in [6.45, 7) is 3.86. The molecule has 0 spiro atoms. The van der Waals surface area contributed by atoms with Gasteiger partial charge in [0.15, 0.2) is 6.10 Å². The molecule has 1 aliphatic carbocycles. The van der Waals surface area contributed by atoms with Crippen LogP contribution >= 0.6 is 0 Å². The van der Waals surface area contributed by atoms with Crippen LogP contribution in [-0.4, -0.2) is 47.2 Å². The number of rotatable bonds is 4. The molecule has 7 heteroatoms. The number of hydrogen-bond donors (Lipinski definition) is 3. The Labute approximate surface area is 134 Å². The molecule has 0 amide bonds. The van der Waals surface area contributed by atoms with Gasteiger partial charge in [-0.3, -0.25) is 4.99 Å². The first-order chi connectivity index (χ1) is 11.0. The molecule has 1 aliphatic heterocycles. The number of benzene rings is 1. The Balaban J connectivity index is 0.000000277. The molecule has 1 heterocycles. The molecular weight excluding hydrogens is 300 g/mol. The van der Waals surface area contributed by atoms with Gasteiger partial charge in [-0.2, -0.15) is 0 Å². The lowest BCUT2D eigenvalue weighted by Gasteiger charge is -2.17. The van der Waals surface area contributed by atoms with E-state index in [0.717, 1.165) is 30.6 Å². The first-order valence-electron chi connectivity index (χ1n) is 7.49. The van der Waals surface area contributed by atoms with Crippen molar-refractivity contribution in [2.24, 2.45) is 4.99 Å². The molecule has 1 aromatic carbocycles. The van der Waals surface area contributed by atoms with Crippen molar-refractivity contribution in [3.05, 3.63) is 29.8 Å². The maximum atomic E-state index is 9.10. The second kappa shape index (κ2) is 7.62. The zero-order valence-electron chi connectivity index (χ0n) is 12.9. The molecule has 1 atom stereocenters. The van der Waals surface area contributed by atoms with E-state index in [0.29, 0.717) is 0 Å². The Hall–Kier alpha value is -2.57. The smallest absolute Gasteiger partial charge is 0.414 e. The van der Waals surface area contributed by atoms with Gasteiger partial charge >= 0.3 is 11.9 Å². The number of para-hydroxylation sites is 1. The number of aliphatic carboxylic acids is 2. The van der Waals surface area contributed by atoms with Gasteiger partial charge in [-0.1, -0.05) is 18.2 Å². The first-order valence-corrected chi connectivity index (χ1v) is 7.49. The third-order valence-electron chi connectivity index (χ3n) is 3.51. The first kappa shape index (κ1) is 16.8. The topological polar surface area (TPSA) is 108 Å². The molecule has 0 radical (unpaired) electrons. The van der Waals surface area contributed by atoms with Crippen LogP contribution in [0.25, 0.3) is 0 Å². The number of carboxylic acid groups (broad SMARTS) is 2. The average Bonchev–Trinajstić information content (AvgIpc) is 3.22. The second-order valence-electron chi connectivity index (χ2n) is 5.38. The SMILES string of the molecule is C[C@H](Oc1ccccc1C1CC1)C1=NCCN1.O=C(O)C(=O)O. The minimum absolute atomic E-state index is 0.0254. The Kier molecular flexibility index (Phi) is 5.56. The van der Waals surface area contributed by atoms with E-state index in [9.17, 15) is 0 Å². The summed E-state index contributed by atoms with van der Waals surface area (Å²) in [5.41, 5.74) is 1.36. The van der Waals surface area contributed by atoms with Gasteiger partial charge in [0.05, 0.1) is 6.54 Å². The van der Waals surface area contributed by atoms with E-state index in [1.54, 1.807) is 0 Å². The molecule has 1 saturated carbocycles. The Bertz CT molecular complexity index is 598. The summed E-state index contributed by atoms with van der Waals surface area (Å²) in [4.78, 5) is 22.6. The van der Waals surface area contributed by atoms with Crippen LogP contribution in [0.15, 0.2) is 29.3 Å². The summed E-state index contributed by atoms with van der Waals surface area (Å²) in [6.07, 6.45) is 2.62. The molecule has 0 saturated heterocycles. The molecule has 3 N–H and O–H groups in total. The van der Waals surface area contributed by atoms with E-state index in [1.165, 1.54) is 18.4 Å². The third-order valence-corrected chi connectivity index (χ3v) is 3.51. The summed E-state index contributed by atoms with van der Waals surface area (Å²) < 4.78 is 6.04. The summed E-state index contributed by atoms with van der Waals surface area (Å²) >= 11 is 0. The monoisotopic (exact) mass is 320 g/mol. The zero-order chi connectivity index (χ0) is 16.8. The lowest BCUT2D eigenvalue weighted by molar-refractivity contribution is -0.159. The maximum absolute atomic E-state index is 9.10. The largest absolute Gasteiger partial charge is 0.483 e. The number of nitrogens with one attached hydrogen (secondary N) is 1. The van der Waals surface area contributed by atoms with Crippen LogP contribution in [0.3, 0.4) is 0 Å². The third kappa shape index (κ3) is 4.98. The van der Waals surface area contributed by atoms with Crippen LogP contribution in [0.5, 0.6) is 5.75 Å². The fraction of sp³-hybridized carbons (Fsp3) is 0.438. The van der Waals surface area contributed by atoms with Gasteiger partial charge in [0.2, 0.25) is 0 Å². The maximum Gasteiger partial charge on any atom is 0.414 e. The van der Waals surface area contributed by atoms with Crippen molar-refractivity contribution in [3.8, 4) is 5.75 Å². The van der Waals surface area contributed by atoms with E-state index >= 15 is 0 Å². The normalized spacial score (nSPS) is 17.2. The van der Waals surface area contributed by atoms with Crippen LogP contribution in [0, 0.1) is 0 Å². The number of amidine groups is 1. The predicted molar refractivity (Wildman–Crippen MR) is 84.1 cm³/mol. The Morgan fingerprint density at radius 2 is 1.91 bits per heavy atom. The number of nitrogens with zero attached hydrogens (tertiary/aromatic N) is 1. The van der Waals surface area contributed by atoms with Crippen molar-refractivity contribution in [3.63, 3.8) is 0 Å². The average molecular weight is 320 g/mol. The van der Waals surface area contributed by atoms with Crippen molar-refractivity contribution in [1.82, 2.24) is 5.32 Å². The molecule has 1 fully saturated rings. The molecule has 0 bridgehead atoms. The van der Waals surface area contributed by atoms with Crippen molar-refractivity contribution < 1.29 is 24.5 Å². The van der Waals surface area contributed by atoms with Crippen molar-refractivity contribution in [2.75, 3.05) is 13.1 Å². The molecular formula is C16H20N2O5. The van der Waals surface area contributed by atoms with Gasteiger partial charge in [-0.15, -0.1) is 0 Å². The second-order valence-corrected chi connectivity index (χ2v) is 5.38. The highest BCUT2D eigenvalue weighted by Crippen LogP contribution is 2.44. The van der Waals surface area contributed by atoms with E-state index in [2.05, 4.69) is 35.4 Å². The minimum atomic E-state index is -1.82. The molecule has 23 heavy (non-hydrogen) atoms. The molecule has 124 valence electrons. The van der Waals surface area contributed by atoms with Gasteiger partial charge in [0.25, 0.3) is 0 Å². The van der Waals surface area contributed by atoms with Crippen LogP contribution < -0.4 is 10.1 Å². The summed E-state index contributed by atoms with van der Waals surface area (Å²) in [7, 11) is 0. The van der Waals surface area contributed by atoms with Crippen LogP contribution in [-0.2, 0) is 9.59 Å². The van der Waals surface area contributed by atoms with Crippen molar-refractivity contribution >= 4 is 17.8 Å². The van der Waals surface area contributed by atoms with Gasteiger partial charge < -0.3 is 20.3 Å². The number of carbonyl (C=O) groups is 2. The highest BCUT2D eigenvalue weighted by Gasteiger charge is 2.27. The van der Waals surface area contributed by atoms with Crippen LogP contribution in [0.1, 0.15) is 31.2 Å². The van der Waals surface area contributed by atoms with Crippen LogP contribution in [0.2, 0.25) is 0 Å². The summed E-state index contributed by atoms with van der Waals surface area (Å²) in [5.74, 6) is -0.920.